The number of hydrogen-bond acceptors (Lipinski definition) is 0. The van der Waals surface area contributed by atoms with Crippen molar-refractivity contribution in [3.05, 3.63) is 71.3 Å². The van der Waals surface area contributed by atoms with E-state index >= 15 is 0 Å². The van der Waals surface area contributed by atoms with Crippen LogP contribution in [-0.2, 0) is 0 Å². The predicted molar refractivity (Wildman–Crippen MR) is 101 cm³/mol. The molecular weight excluding hydrogens is 263 g/mol. The van der Waals surface area contributed by atoms with E-state index in [2.05, 4.69) is 82.3 Å². The highest BCUT2D eigenvalue weighted by Gasteiger charge is 2.12. The molecule has 0 saturated carbocycles. The van der Waals surface area contributed by atoms with Crippen molar-refractivity contribution in [2.75, 3.05) is 0 Å². The maximum absolute atomic E-state index is 2.34. The fourth-order valence-corrected chi connectivity index (χ4v) is 4.26. The van der Waals surface area contributed by atoms with Crippen LogP contribution in [0.4, 0.5) is 0 Å². The summed E-state index contributed by atoms with van der Waals surface area (Å²) in [5.74, 6) is 0. The zero-order chi connectivity index (χ0) is 15.7. The van der Waals surface area contributed by atoms with Gasteiger partial charge in [0, 0.05) is 6.71 Å². The average molecular weight is 287 g/mol. The maximum Gasteiger partial charge on any atom is 0.0407 e. The van der Waals surface area contributed by atoms with Crippen LogP contribution in [0, 0.1) is 20.8 Å². The standard InChI is InChI=1S/C21H24B/c1-5-22(21-16(3)13-15(2)14-17(21)4)20-12-8-10-18-9-6-7-11-19(18)20/h6-14,22H,5H2,1-4H3/q-1. The molecule has 1 heteroatoms. The van der Waals surface area contributed by atoms with Crippen molar-refractivity contribution in [2.45, 2.75) is 34.0 Å². The van der Waals surface area contributed by atoms with Crippen molar-refractivity contribution in [2.24, 2.45) is 0 Å². The number of rotatable bonds is 3. The number of hydrogen-bond donors (Lipinski definition) is 0. The molecule has 0 aliphatic carbocycles. The third-order valence-corrected chi connectivity index (χ3v) is 5.11. The van der Waals surface area contributed by atoms with Gasteiger partial charge in [-0.3, -0.25) is 0 Å². The van der Waals surface area contributed by atoms with Crippen LogP contribution >= 0.6 is 0 Å². The van der Waals surface area contributed by atoms with Crippen molar-refractivity contribution in [3.8, 4) is 0 Å². The molecule has 1 unspecified atom stereocenters. The quantitative estimate of drug-likeness (QED) is 0.635. The fraction of sp³-hybridized carbons (Fsp3) is 0.238. The van der Waals surface area contributed by atoms with Gasteiger partial charge in [0.1, 0.15) is 0 Å². The van der Waals surface area contributed by atoms with Crippen LogP contribution in [0.5, 0.6) is 0 Å². The molecule has 0 N–H and O–H groups in total. The minimum absolute atomic E-state index is 0.522. The second kappa shape index (κ2) is 6.00. The van der Waals surface area contributed by atoms with Crippen LogP contribution in [0.15, 0.2) is 54.6 Å². The van der Waals surface area contributed by atoms with E-state index in [1.807, 2.05) is 0 Å². The third-order valence-electron chi connectivity index (χ3n) is 5.11. The molecule has 3 aromatic rings. The zero-order valence-corrected chi connectivity index (χ0v) is 14.1. The number of aryl methyl sites for hydroxylation is 3. The van der Waals surface area contributed by atoms with Gasteiger partial charge in [0.15, 0.2) is 0 Å². The summed E-state index contributed by atoms with van der Waals surface area (Å²) in [7, 11) is 0. The Bertz CT molecular complexity index is 789. The lowest BCUT2D eigenvalue weighted by atomic mass is 9.37. The zero-order valence-electron chi connectivity index (χ0n) is 14.1. The molecule has 112 valence electrons. The van der Waals surface area contributed by atoms with Gasteiger partial charge >= 0.3 is 0 Å². The molecule has 0 amide bonds. The molecule has 3 aromatic carbocycles. The lowest BCUT2D eigenvalue weighted by Gasteiger charge is -2.29. The SMILES string of the molecule is CC[BH-](c1c(C)cc(C)cc1C)c1cccc2ccccc12. The molecule has 0 nitrogen and oxygen atoms in total. The maximum atomic E-state index is 2.34. The summed E-state index contributed by atoms with van der Waals surface area (Å²) in [5, 5.41) is 2.78. The van der Waals surface area contributed by atoms with Gasteiger partial charge in [-0.25, -0.2) is 10.9 Å². The van der Waals surface area contributed by atoms with Gasteiger partial charge in [0.05, 0.1) is 0 Å². The first-order valence-electron chi connectivity index (χ1n) is 8.39. The smallest absolute Gasteiger partial charge is 0.0407 e. The topological polar surface area (TPSA) is 0 Å². The predicted octanol–water partition coefficient (Wildman–Crippen LogP) is 4.13. The number of benzene rings is 3. The van der Waals surface area contributed by atoms with Crippen LogP contribution in [-0.4, -0.2) is 6.71 Å². The molecule has 3 rings (SSSR count). The molecule has 0 aromatic heterocycles. The minimum atomic E-state index is -0.522. The van der Waals surface area contributed by atoms with Crippen molar-refractivity contribution in [1.29, 1.82) is 0 Å². The van der Waals surface area contributed by atoms with E-state index in [4.69, 9.17) is 0 Å². The monoisotopic (exact) mass is 287 g/mol. The van der Waals surface area contributed by atoms with E-state index in [0.717, 1.165) is 0 Å². The van der Waals surface area contributed by atoms with Gasteiger partial charge in [0.25, 0.3) is 0 Å². The number of fused-ring (bicyclic) bond motifs is 1. The van der Waals surface area contributed by atoms with Crippen molar-refractivity contribution < 1.29 is 0 Å². The molecule has 0 heterocycles. The Labute approximate surface area is 134 Å². The van der Waals surface area contributed by atoms with Gasteiger partial charge in [-0.15, -0.1) is 0 Å². The molecule has 0 aliphatic rings. The highest BCUT2D eigenvalue weighted by atomic mass is 14.1. The van der Waals surface area contributed by atoms with Crippen LogP contribution in [0.3, 0.4) is 0 Å². The van der Waals surface area contributed by atoms with Crippen molar-refractivity contribution in [3.63, 3.8) is 0 Å². The van der Waals surface area contributed by atoms with Gasteiger partial charge in [-0.1, -0.05) is 83.6 Å². The fourth-order valence-electron chi connectivity index (χ4n) is 4.26. The van der Waals surface area contributed by atoms with E-state index in [0.29, 0.717) is 0 Å². The molecule has 1 atom stereocenters. The summed E-state index contributed by atoms with van der Waals surface area (Å²) < 4.78 is 0. The summed E-state index contributed by atoms with van der Waals surface area (Å²) in [6.45, 7) is 8.55. The molecule has 0 aliphatic heterocycles. The first-order valence-corrected chi connectivity index (χ1v) is 8.39. The molecule has 0 bridgehead atoms. The van der Waals surface area contributed by atoms with E-state index in [1.54, 1.807) is 5.46 Å². The van der Waals surface area contributed by atoms with E-state index in [-0.39, 0.29) is 0 Å². The Morgan fingerprint density at radius 2 is 1.45 bits per heavy atom. The van der Waals surface area contributed by atoms with Crippen molar-refractivity contribution in [1.82, 2.24) is 0 Å². The van der Waals surface area contributed by atoms with Gasteiger partial charge in [-0.2, -0.15) is 6.32 Å². The van der Waals surface area contributed by atoms with Crippen LogP contribution in [0.25, 0.3) is 10.8 Å². The summed E-state index contributed by atoms with van der Waals surface area (Å²) in [6.07, 6.45) is 1.21. The van der Waals surface area contributed by atoms with Crippen molar-refractivity contribution >= 4 is 28.4 Å². The third kappa shape index (κ3) is 2.56. The lowest BCUT2D eigenvalue weighted by molar-refractivity contribution is 1.34. The summed E-state index contributed by atoms with van der Waals surface area (Å²) in [6, 6.07) is 20.2. The summed E-state index contributed by atoms with van der Waals surface area (Å²) in [4.78, 5) is 0. The van der Waals surface area contributed by atoms with Gasteiger partial charge < -0.3 is 0 Å². The normalized spacial score (nSPS) is 12.5. The molecule has 22 heavy (non-hydrogen) atoms. The van der Waals surface area contributed by atoms with E-state index in [9.17, 15) is 0 Å². The molecule has 0 spiro atoms. The Kier molecular flexibility index (Phi) is 4.07. The Morgan fingerprint density at radius 1 is 0.818 bits per heavy atom. The first kappa shape index (κ1) is 14.9. The first-order chi connectivity index (χ1) is 10.6. The molecule has 0 radical (unpaired) electrons. The van der Waals surface area contributed by atoms with E-state index in [1.165, 1.54) is 39.2 Å². The molecule has 0 saturated heterocycles. The Balaban J connectivity index is 2.23. The van der Waals surface area contributed by atoms with Crippen LogP contribution < -0.4 is 10.9 Å². The summed E-state index contributed by atoms with van der Waals surface area (Å²) in [5.41, 5.74) is 7.39. The largest absolute Gasteiger partial charge is 0.202 e. The highest BCUT2D eigenvalue weighted by molar-refractivity contribution is 6.87. The highest BCUT2D eigenvalue weighted by Crippen LogP contribution is 2.15. The van der Waals surface area contributed by atoms with Crippen LogP contribution in [0.2, 0.25) is 6.32 Å². The summed E-state index contributed by atoms with van der Waals surface area (Å²) >= 11 is 0. The van der Waals surface area contributed by atoms with Gasteiger partial charge in [0.2, 0.25) is 0 Å². The Hall–Kier alpha value is -2.02. The second-order valence-electron chi connectivity index (χ2n) is 6.69. The van der Waals surface area contributed by atoms with Crippen LogP contribution in [0.1, 0.15) is 23.6 Å². The van der Waals surface area contributed by atoms with Gasteiger partial charge in [-0.05, 0) is 26.2 Å². The molecule has 0 fully saturated rings. The average Bonchev–Trinajstić information content (AvgIpc) is 2.50. The molecular formula is C21H24B-. The second-order valence-corrected chi connectivity index (χ2v) is 6.69. The lowest BCUT2D eigenvalue weighted by Crippen LogP contribution is -2.44. The van der Waals surface area contributed by atoms with E-state index < -0.39 is 6.71 Å². The Morgan fingerprint density at radius 3 is 2.14 bits per heavy atom. The minimum Gasteiger partial charge on any atom is -0.202 e.